The molecule has 1 fully saturated rings. The van der Waals surface area contributed by atoms with Crippen molar-refractivity contribution < 1.29 is 9.53 Å². The van der Waals surface area contributed by atoms with E-state index in [2.05, 4.69) is 5.32 Å². The van der Waals surface area contributed by atoms with Crippen LogP contribution in [0.15, 0.2) is 36.4 Å². The van der Waals surface area contributed by atoms with Crippen LogP contribution in [-0.2, 0) is 0 Å². The van der Waals surface area contributed by atoms with E-state index < -0.39 is 0 Å². The van der Waals surface area contributed by atoms with Gasteiger partial charge in [0, 0.05) is 12.0 Å². The normalized spacial score (nSPS) is 18.4. The maximum Gasteiger partial charge on any atom is 0.163 e. The van der Waals surface area contributed by atoms with E-state index in [9.17, 15) is 4.79 Å². The van der Waals surface area contributed by atoms with E-state index in [0.717, 1.165) is 41.6 Å². The summed E-state index contributed by atoms with van der Waals surface area (Å²) in [4.78, 5) is 12.3. The van der Waals surface area contributed by atoms with Crippen molar-refractivity contribution >= 4 is 16.6 Å². The number of benzene rings is 2. The van der Waals surface area contributed by atoms with Crippen LogP contribution in [0.1, 0.15) is 23.2 Å². The predicted molar refractivity (Wildman–Crippen MR) is 80.4 cm³/mol. The average molecular weight is 269 g/mol. The van der Waals surface area contributed by atoms with Crippen LogP contribution < -0.4 is 10.1 Å². The Hall–Kier alpha value is -1.87. The summed E-state index contributed by atoms with van der Waals surface area (Å²) in [5, 5.41) is 5.49. The molecule has 0 spiro atoms. The van der Waals surface area contributed by atoms with Gasteiger partial charge in [0.05, 0.1) is 7.11 Å². The molecule has 3 heteroatoms. The van der Waals surface area contributed by atoms with Crippen molar-refractivity contribution in [2.45, 2.75) is 12.8 Å². The highest BCUT2D eigenvalue weighted by Gasteiger charge is 2.19. The minimum Gasteiger partial charge on any atom is -0.497 e. The molecule has 1 heterocycles. The summed E-state index contributed by atoms with van der Waals surface area (Å²) >= 11 is 0. The highest BCUT2D eigenvalue weighted by molar-refractivity contribution is 6.00. The minimum atomic E-state index is 0.247. The van der Waals surface area contributed by atoms with Crippen molar-refractivity contribution in [1.82, 2.24) is 5.32 Å². The van der Waals surface area contributed by atoms with Gasteiger partial charge < -0.3 is 10.1 Å². The van der Waals surface area contributed by atoms with Crippen molar-refractivity contribution in [3.8, 4) is 5.75 Å². The predicted octanol–water partition coefficient (Wildman–Crippen LogP) is 3.03. The van der Waals surface area contributed by atoms with Gasteiger partial charge in [0.15, 0.2) is 5.78 Å². The van der Waals surface area contributed by atoms with Crippen LogP contribution in [0.3, 0.4) is 0 Å². The molecule has 0 aromatic heterocycles. The van der Waals surface area contributed by atoms with E-state index in [-0.39, 0.29) is 5.78 Å². The van der Waals surface area contributed by atoms with E-state index in [1.807, 2.05) is 36.4 Å². The lowest BCUT2D eigenvalue weighted by atomic mass is 9.96. The molecule has 0 radical (unpaired) electrons. The minimum absolute atomic E-state index is 0.247. The fraction of sp³-hybridized carbons (Fsp3) is 0.353. The number of carbonyl (C=O) groups excluding carboxylic acids is 1. The molecule has 1 aliphatic heterocycles. The summed E-state index contributed by atoms with van der Waals surface area (Å²) in [6.45, 7) is 2.01. The zero-order valence-electron chi connectivity index (χ0n) is 11.7. The standard InChI is InChI=1S/C17H19NO2/c1-20-16-5-4-13-9-15(3-2-14(13)10-16)17(19)8-12-6-7-18-11-12/h2-5,9-10,12,18H,6-8,11H2,1H3. The second-order valence-electron chi connectivity index (χ2n) is 5.41. The van der Waals surface area contributed by atoms with Crippen molar-refractivity contribution in [2.24, 2.45) is 5.92 Å². The van der Waals surface area contributed by atoms with Crippen LogP contribution in [0.25, 0.3) is 10.8 Å². The van der Waals surface area contributed by atoms with Crippen molar-refractivity contribution in [3.63, 3.8) is 0 Å². The summed E-state index contributed by atoms with van der Waals surface area (Å²) in [5.41, 5.74) is 0.814. The number of rotatable bonds is 4. The Morgan fingerprint density at radius 2 is 2.05 bits per heavy atom. The smallest absolute Gasteiger partial charge is 0.163 e. The second kappa shape index (κ2) is 5.63. The third-order valence-electron chi connectivity index (χ3n) is 4.01. The number of carbonyl (C=O) groups is 1. The summed E-state index contributed by atoms with van der Waals surface area (Å²) in [5.74, 6) is 1.58. The molecule has 1 saturated heterocycles. The van der Waals surface area contributed by atoms with Crippen molar-refractivity contribution in [1.29, 1.82) is 0 Å². The highest BCUT2D eigenvalue weighted by Crippen LogP contribution is 2.23. The number of hydrogen-bond donors (Lipinski definition) is 1. The first-order valence-corrected chi connectivity index (χ1v) is 7.08. The van der Waals surface area contributed by atoms with E-state index in [0.29, 0.717) is 12.3 Å². The van der Waals surface area contributed by atoms with Gasteiger partial charge in [0.25, 0.3) is 0 Å². The lowest BCUT2D eigenvalue weighted by Gasteiger charge is -2.08. The molecule has 20 heavy (non-hydrogen) atoms. The maximum absolute atomic E-state index is 12.3. The first-order chi connectivity index (χ1) is 9.76. The van der Waals surface area contributed by atoms with Gasteiger partial charge in [0.2, 0.25) is 0 Å². The largest absolute Gasteiger partial charge is 0.497 e. The Labute approximate surface area is 118 Å². The van der Waals surface area contributed by atoms with Gasteiger partial charge in [-0.15, -0.1) is 0 Å². The number of ketones is 1. The van der Waals surface area contributed by atoms with Gasteiger partial charge in [-0.25, -0.2) is 0 Å². The fourth-order valence-electron chi connectivity index (χ4n) is 2.79. The quantitative estimate of drug-likeness (QED) is 0.867. The van der Waals surface area contributed by atoms with Crippen LogP contribution in [0, 0.1) is 5.92 Å². The van der Waals surface area contributed by atoms with Gasteiger partial charge in [-0.2, -0.15) is 0 Å². The van der Waals surface area contributed by atoms with Crippen LogP contribution in [0.2, 0.25) is 0 Å². The topological polar surface area (TPSA) is 38.3 Å². The average Bonchev–Trinajstić information content (AvgIpc) is 2.99. The van der Waals surface area contributed by atoms with Crippen LogP contribution in [0.4, 0.5) is 0 Å². The molecule has 0 aliphatic carbocycles. The van der Waals surface area contributed by atoms with Gasteiger partial charge in [0.1, 0.15) is 5.75 Å². The highest BCUT2D eigenvalue weighted by atomic mass is 16.5. The number of hydrogen-bond acceptors (Lipinski definition) is 3. The Morgan fingerprint density at radius 3 is 2.80 bits per heavy atom. The lowest BCUT2D eigenvalue weighted by Crippen LogP contribution is -2.12. The second-order valence-corrected chi connectivity index (χ2v) is 5.41. The van der Waals surface area contributed by atoms with Gasteiger partial charge in [-0.1, -0.05) is 18.2 Å². The Morgan fingerprint density at radius 1 is 1.25 bits per heavy atom. The molecular formula is C17H19NO2. The first-order valence-electron chi connectivity index (χ1n) is 7.08. The molecule has 0 bridgehead atoms. The van der Waals surface area contributed by atoms with E-state index in [1.54, 1.807) is 7.11 Å². The van der Waals surface area contributed by atoms with E-state index in [1.165, 1.54) is 0 Å². The molecule has 1 atom stereocenters. The van der Waals surface area contributed by atoms with Crippen LogP contribution >= 0.6 is 0 Å². The molecule has 0 amide bonds. The molecular weight excluding hydrogens is 250 g/mol. The molecule has 3 nitrogen and oxygen atoms in total. The SMILES string of the molecule is COc1ccc2cc(C(=O)CC3CCNC3)ccc2c1. The Bertz CT molecular complexity index is 630. The number of methoxy groups -OCH3 is 1. The molecule has 1 aliphatic rings. The zero-order valence-corrected chi connectivity index (χ0v) is 11.7. The third kappa shape index (κ3) is 2.68. The van der Waals surface area contributed by atoms with Gasteiger partial charge >= 0.3 is 0 Å². The first kappa shape index (κ1) is 13.1. The summed E-state index contributed by atoms with van der Waals surface area (Å²) in [6.07, 6.45) is 1.76. The third-order valence-corrected chi connectivity index (χ3v) is 4.01. The van der Waals surface area contributed by atoms with Crippen molar-refractivity contribution in [3.05, 3.63) is 42.0 Å². The number of Topliss-reactive ketones (excluding diaryl/α,β-unsaturated/α-hetero) is 1. The zero-order chi connectivity index (χ0) is 13.9. The maximum atomic E-state index is 12.3. The summed E-state index contributed by atoms with van der Waals surface area (Å²) < 4.78 is 5.21. The van der Waals surface area contributed by atoms with E-state index >= 15 is 0 Å². The number of nitrogens with one attached hydrogen (secondary N) is 1. The molecule has 104 valence electrons. The Balaban J connectivity index is 1.82. The van der Waals surface area contributed by atoms with Gasteiger partial charge in [-0.05, 0) is 54.4 Å². The molecule has 3 rings (SSSR count). The number of fused-ring (bicyclic) bond motifs is 1. The van der Waals surface area contributed by atoms with Gasteiger partial charge in [-0.3, -0.25) is 4.79 Å². The molecule has 0 saturated carbocycles. The lowest BCUT2D eigenvalue weighted by molar-refractivity contribution is 0.0964. The molecule has 1 unspecified atom stereocenters. The monoisotopic (exact) mass is 269 g/mol. The van der Waals surface area contributed by atoms with E-state index in [4.69, 9.17) is 4.74 Å². The number of ether oxygens (including phenoxy) is 1. The molecule has 2 aromatic carbocycles. The van der Waals surface area contributed by atoms with Crippen molar-refractivity contribution in [2.75, 3.05) is 20.2 Å². The van der Waals surface area contributed by atoms with Crippen LogP contribution in [0.5, 0.6) is 5.75 Å². The molecule has 2 aromatic rings. The molecule has 1 N–H and O–H groups in total. The summed E-state index contributed by atoms with van der Waals surface area (Å²) in [6, 6.07) is 11.8. The van der Waals surface area contributed by atoms with Crippen LogP contribution in [-0.4, -0.2) is 26.0 Å². The Kier molecular flexibility index (Phi) is 3.70. The fourth-order valence-corrected chi connectivity index (χ4v) is 2.79. The summed E-state index contributed by atoms with van der Waals surface area (Å²) in [7, 11) is 1.66.